The van der Waals surface area contributed by atoms with Crippen LogP contribution in [0.1, 0.15) is 45.7 Å². The van der Waals surface area contributed by atoms with E-state index in [1.165, 1.54) is 12.0 Å². The highest BCUT2D eigenvalue weighted by Crippen LogP contribution is 2.26. The van der Waals surface area contributed by atoms with E-state index in [0.717, 1.165) is 24.8 Å². The molecular formula is C18H32N2O. The molecule has 0 aliphatic heterocycles. The molecule has 1 rings (SSSR count). The molecule has 0 radical (unpaired) electrons. The van der Waals surface area contributed by atoms with Gasteiger partial charge in [0.05, 0.1) is 7.11 Å². The predicted octanol–water partition coefficient (Wildman–Crippen LogP) is 3.71. The van der Waals surface area contributed by atoms with Gasteiger partial charge in [-0.05, 0) is 38.9 Å². The Morgan fingerprint density at radius 1 is 1.19 bits per heavy atom. The van der Waals surface area contributed by atoms with E-state index >= 15 is 0 Å². The number of likely N-dealkylation sites (N-methyl/N-ethyl adjacent to an activating group) is 2. The van der Waals surface area contributed by atoms with Gasteiger partial charge in [-0.15, -0.1) is 0 Å². The summed E-state index contributed by atoms with van der Waals surface area (Å²) in [5.41, 5.74) is 1.24. The molecule has 2 atom stereocenters. The maximum Gasteiger partial charge on any atom is 0.123 e. The molecular weight excluding hydrogens is 260 g/mol. The van der Waals surface area contributed by atoms with Crippen LogP contribution in [0.25, 0.3) is 0 Å². The Morgan fingerprint density at radius 3 is 2.43 bits per heavy atom. The first kappa shape index (κ1) is 18.0. The highest BCUT2D eigenvalue weighted by molar-refractivity contribution is 5.36. The van der Waals surface area contributed by atoms with Crippen molar-refractivity contribution in [2.45, 2.75) is 46.2 Å². The zero-order valence-electron chi connectivity index (χ0n) is 14.5. The average Bonchev–Trinajstić information content (AvgIpc) is 2.45. The second kappa shape index (κ2) is 9.06. The summed E-state index contributed by atoms with van der Waals surface area (Å²) in [5, 5.41) is 3.59. The van der Waals surface area contributed by atoms with Gasteiger partial charge in [0, 0.05) is 24.2 Å². The minimum atomic E-state index is 0.297. The lowest BCUT2D eigenvalue weighted by molar-refractivity contribution is 0.205. The van der Waals surface area contributed by atoms with Crippen LogP contribution in [0, 0.1) is 5.92 Å². The molecule has 0 saturated heterocycles. The van der Waals surface area contributed by atoms with Crippen molar-refractivity contribution in [1.29, 1.82) is 0 Å². The third-order valence-corrected chi connectivity index (χ3v) is 4.00. The summed E-state index contributed by atoms with van der Waals surface area (Å²) in [6.45, 7) is 11.0. The van der Waals surface area contributed by atoms with Gasteiger partial charge >= 0.3 is 0 Å². The van der Waals surface area contributed by atoms with E-state index < -0.39 is 0 Å². The number of benzene rings is 1. The number of nitrogens with one attached hydrogen (secondary N) is 1. The smallest absolute Gasteiger partial charge is 0.123 e. The van der Waals surface area contributed by atoms with E-state index in [0.29, 0.717) is 12.1 Å². The molecule has 0 fully saturated rings. The molecule has 3 heteroatoms. The summed E-state index contributed by atoms with van der Waals surface area (Å²) in [6.07, 6.45) is 1.22. The Balaban J connectivity index is 2.82. The van der Waals surface area contributed by atoms with Crippen molar-refractivity contribution >= 4 is 0 Å². The van der Waals surface area contributed by atoms with Crippen molar-refractivity contribution < 1.29 is 4.74 Å². The van der Waals surface area contributed by atoms with Gasteiger partial charge in [-0.1, -0.05) is 39.0 Å². The largest absolute Gasteiger partial charge is 0.496 e. The van der Waals surface area contributed by atoms with Gasteiger partial charge < -0.3 is 15.0 Å². The fourth-order valence-corrected chi connectivity index (χ4v) is 2.80. The highest BCUT2D eigenvalue weighted by Gasteiger charge is 2.19. The van der Waals surface area contributed by atoms with Crippen molar-refractivity contribution in [2.24, 2.45) is 5.92 Å². The van der Waals surface area contributed by atoms with Gasteiger partial charge in [0.25, 0.3) is 0 Å². The zero-order chi connectivity index (χ0) is 15.8. The van der Waals surface area contributed by atoms with Crippen LogP contribution in [0.4, 0.5) is 0 Å². The lowest BCUT2D eigenvalue weighted by Gasteiger charge is -2.31. The summed E-state index contributed by atoms with van der Waals surface area (Å²) in [4.78, 5) is 2.44. The van der Waals surface area contributed by atoms with E-state index in [1.54, 1.807) is 7.11 Å². The van der Waals surface area contributed by atoms with Crippen LogP contribution in [0.3, 0.4) is 0 Å². The van der Waals surface area contributed by atoms with E-state index in [9.17, 15) is 0 Å². The highest BCUT2D eigenvalue weighted by atomic mass is 16.5. The minimum absolute atomic E-state index is 0.297. The van der Waals surface area contributed by atoms with E-state index in [2.05, 4.69) is 57.1 Å². The zero-order valence-corrected chi connectivity index (χ0v) is 14.5. The summed E-state index contributed by atoms with van der Waals surface area (Å²) < 4.78 is 5.52. The Labute approximate surface area is 130 Å². The molecule has 1 N–H and O–H groups in total. The number of nitrogens with zero attached hydrogens (tertiary/aromatic N) is 1. The fourth-order valence-electron chi connectivity index (χ4n) is 2.80. The lowest BCUT2D eigenvalue weighted by atomic mass is 10.0. The molecule has 1 aromatic rings. The molecule has 0 bridgehead atoms. The number of methoxy groups -OCH3 is 1. The molecule has 0 saturated carbocycles. The third-order valence-electron chi connectivity index (χ3n) is 4.00. The SMILES string of the molecule is CCNC(CN(C)C(C)CC(C)C)c1ccccc1OC. The van der Waals surface area contributed by atoms with Crippen LogP contribution in [-0.2, 0) is 0 Å². The molecule has 0 spiro atoms. The topological polar surface area (TPSA) is 24.5 Å². The molecule has 2 unspecified atom stereocenters. The first-order valence-corrected chi connectivity index (χ1v) is 8.06. The van der Waals surface area contributed by atoms with E-state index in [-0.39, 0.29) is 0 Å². The van der Waals surface area contributed by atoms with Crippen molar-refractivity contribution in [3.05, 3.63) is 29.8 Å². The van der Waals surface area contributed by atoms with Gasteiger partial charge in [-0.25, -0.2) is 0 Å². The third kappa shape index (κ3) is 5.68. The van der Waals surface area contributed by atoms with E-state index in [1.807, 2.05) is 12.1 Å². The van der Waals surface area contributed by atoms with Gasteiger partial charge in [-0.2, -0.15) is 0 Å². The number of ether oxygens (including phenoxy) is 1. The Kier molecular flexibility index (Phi) is 7.76. The average molecular weight is 292 g/mol. The van der Waals surface area contributed by atoms with Crippen molar-refractivity contribution in [3.8, 4) is 5.75 Å². The summed E-state index contributed by atoms with van der Waals surface area (Å²) in [6, 6.07) is 9.19. The summed E-state index contributed by atoms with van der Waals surface area (Å²) >= 11 is 0. The van der Waals surface area contributed by atoms with Gasteiger partial charge in [0.15, 0.2) is 0 Å². The van der Waals surface area contributed by atoms with Crippen molar-refractivity contribution in [3.63, 3.8) is 0 Å². The molecule has 0 amide bonds. The maximum atomic E-state index is 5.52. The molecule has 0 aliphatic carbocycles. The van der Waals surface area contributed by atoms with Gasteiger partial charge in [-0.3, -0.25) is 0 Å². The van der Waals surface area contributed by atoms with Gasteiger partial charge in [0.2, 0.25) is 0 Å². The fraction of sp³-hybridized carbons (Fsp3) is 0.667. The first-order chi connectivity index (χ1) is 9.99. The standard InChI is InChI=1S/C18H32N2O/c1-7-19-17(13-20(5)15(4)12-14(2)3)16-10-8-9-11-18(16)21-6/h8-11,14-15,17,19H,7,12-13H2,1-6H3. The normalized spacial score (nSPS) is 14.5. The van der Waals surface area contributed by atoms with Crippen LogP contribution in [-0.4, -0.2) is 38.2 Å². The first-order valence-electron chi connectivity index (χ1n) is 8.06. The second-order valence-corrected chi connectivity index (χ2v) is 6.27. The molecule has 0 aliphatic rings. The Morgan fingerprint density at radius 2 is 1.86 bits per heavy atom. The number of rotatable bonds is 9. The Bertz CT molecular complexity index is 406. The monoisotopic (exact) mass is 292 g/mol. The molecule has 0 heterocycles. The van der Waals surface area contributed by atoms with Crippen LogP contribution in [0.15, 0.2) is 24.3 Å². The van der Waals surface area contributed by atoms with Crippen LogP contribution >= 0.6 is 0 Å². The summed E-state index contributed by atoms with van der Waals surface area (Å²) in [5.74, 6) is 1.69. The van der Waals surface area contributed by atoms with Crippen LogP contribution in [0.2, 0.25) is 0 Å². The van der Waals surface area contributed by atoms with E-state index in [4.69, 9.17) is 4.74 Å². The second-order valence-electron chi connectivity index (χ2n) is 6.27. The molecule has 3 nitrogen and oxygen atoms in total. The Hall–Kier alpha value is -1.06. The number of hydrogen-bond acceptors (Lipinski definition) is 3. The van der Waals surface area contributed by atoms with Gasteiger partial charge in [0.1, 0.15) is 5.75 Å². The molecule has 120 valence electrons. The predicted molar refractivity (Wildman–Crippen MR) is 91.0 cm³/mol. The van der Waals surface area contributed by atoms with Crippen LogP contribution in [0.5, 0.6) is 5.75 Å². The molecule has 21 heavy (non-hydrogen) atoms. The lowest BCUT2D eigenvalue weighted by Crippen LogP contribution is -2.38. The number of para-hydroxylation sites is 1. The van der Waals surface area contributed by atoms with Crippen molar-refractivity contribution in [2.75, 3.05) is 27.2 Å². The quantitative estimate of drug-likeness (QED) is 0.751. The van der Waals surface area contributed by atoms with Crippen LogP contribution < -0.4 is 10.1 Å². The maximum absolute atomic E-state index is 5.52. The minimum Gasteiger partial charge on any atom is -0.496 e. The molecule has 0 aromatic heterocycles. The van der Waals surface area contributed by atoms with Crippen molar-refractivity contribution in [1.82, 2.24) is 10.2 Å². The summed E-state index contributed by atoms with van der Waals surface area (Å²) in [7, 11) is 3.96. The molecule has 1 aromatic carbocycles. The number of hydrogen-bond donors (Lipinski definition) is 1.